The number of hydrogen-bond acceptors (Lipinski definition) is 3. The molecule has 1 aromatic rings. The Kier molecular flexibility index (Phi) is 6.15. The topological polar surface area (TPSA) is 61.4 Å². The van der Waals surface area contributed by atoms with Crippen LogP contribution in [0, 0.1) is 6.92 Å². The van der Waals surface area contributed by atoms with Crippen LogP contribution < -0.4 is 10.6 Å². The first-order valence-corrected chi connectivity index (χ1v) is 9.40. The number of anilines is 2. The van der Waals surface area contributed by atoms with Crippen molar-refractivity contribution in [2.75, 3.05) is 29.5 Å². The number of carbonyl (C=O) groups excluding carboxylic acids is 2. The molecule has 6 heteroatoms. The second kappa shape index (κ2) is 7.92. The van der Waals surface area contributed by atoms with E-state index in [1.807, 2.05) is 48.7 Å². The summed E-state index contributed by atoms with van der Waals surface area (Å²) < 4.78 is 0.0839. The van der Waals surface area contributed by atoms with Gasteiger partial charge in [0.05, 0.1) is 0 Å². The van der Waals surface area contributed by atoms with E-state index < -0.39 is 0 Å². The lowest BCUT2D eigenvalue weighted by atomic mass is 10.1. The van der Waals surface area contributed by atoms with Crippen LogP contribution in [0.4, 0.5) is 16.2 Å². The number of urea groups is 1. The summed E-state index contributed by atoms with van der Waals surface area (Å²) in [6.45, 7) is 9.69. The number of rotatable bonds is 4. The maximum atomic E-state index is 12.6. The minimum atomic E-state index is -0.0801. The SMILES string of the molecule is CCCC(=O)Nc1cccc(NC(=O)N2CCSC(C)(C)C2)c1C. The second-order valence-corrected chi connectivity index (χ2v) is 8.54. The number of benzene rings is 1. The fraction of sp³-hybridized carbons (Fsp3) is 0.556. The Morgan fingerprint density at radius 1 is 1.25 bits per heavy atom. The van der Waals surface area contributed by atoms with Gasteiger partial charge in [-0.25, -0.2) is 4.79 Å². The summed E-state index contributed by atoms with van der Waals surface area (Å²) in [6.07, 6.45) is 1.31. The van der Waals surface area contributed by atoms with Crippen LogP contribution >= 0.6 is 11.8 Å². The van der Waals surface area contributed by atoms with E-state index in [0.29, 0.717) is 6.42 Å². The summed E-state index contributed by atoms with van der Waals surface area (Å²) in [5, 5.41) is 5.90. The molecule has 0 saturated carbocycles. The van der Waals surface area contributed by atoms with E-state index in [0.717, 1.165) is 42.2 Å². The molecule has 1 aromatic carbocycles. The zero-order valence-electron chi connectivity index (χ0n) is 14.9. The molecule has 0 unspecified atom stereocenters. The van der Waals surface area contributed by atoms with Crippen LogP contribution in [0.2, 0.25) is 0 Å². The maximum absolute atomic E-state index is 12.6. The number of nitrogens with zero attached hydrogens (tertiary/aromatic N) is 1. The summed E-state index contributed by atoms with van der Waals surface area (Å²) in [4.78, 5) is 26.2. The third-order valence-electron chi connectivity index (χ3n) is 4.04. The molecule has 1 fully saturated rings. The Hall–Kier alpha value is -1.69. The van der Waals surface area contributed by atoms with Crippen molar-refractivity contribution in [3.63, 3.8) is 0 Å². The molecular formula is C18H27N3O2S. The third-order valence-corrected chi connectivity index (χ3v) is 5.34. The molecule has 0 bridgehead atoms. The molecule has 0 spiro atoms. The molecule has 24 heavy (non-hydrogen) atoms. The van der Waals surface area contributed by atoms with Crippen LogP contribution in [0.3, 0.4) is 0 Å². The quantitative estimate of drug-likeness (QED) is 0.860. The highest BCUT2D eigenvalue weighted by molar-refractivity contribution is 8.00. The van der Waals surface area contributed by atoms with Crippen LogP contribution in [0.1, 0.15) is 39.2 Å². The minimum absolute atomic E-state index is 0.00104. The Balaban J connectivity index is 2.06. The smallest absolute Gasteiger partial charge is 0.321 e. The molecule has 2 N–H and O–H groups in total. The normalized spacial score (nSPS) is 16.6. The van der Waals surface area contributed by atoms with E-state index in [9.17, 15) is 9.59 Å². The summed E-state index contributed by atoms with van der Waals surface area (Å²) in [7, 11) is 0. The van der Waals surface area contributed by atoms with Crippen molar-refractivity contribution in [1.82, 2.24) is 4.90 Å². The fourth-order valence-electron chi connectivity index (χ4n) is 2.73. The van der Waals surface area contributed by atoms with Gasteiger partial charge in [0.1, 0.15) is 0 Å². The highest BCUT2D eigenvalue weighted by Gasteiger charge is 2.29. The van der Waals surface area contributed by atoms with Gasteiger partial charge in [0.15, 0.2) is 0 Å². The molecule has 0 aliphatic carbocycles. The second-order valence-electron chi connectivity index (χ2n) is 6.74. The Morgan fingerprint density at radius 2 is 1.92 bits per heavy atom. The molecule has 0 radical (unpaired) electrons. The van der Waals surface area contributed by atoms with Crippen LogP contribution in [0.25, 0.3) is 0 Å². The largest absolute Gasteiger partial charge is 0.326 e. The van der Waals surface area contributed by atoms with Gasteiger partial charge in [0, 0.05) is 41.4 Å². The molecule has 1 saturated heterocycles. The van der Waals surface area contributed by atoms with Crippen LogP contribution in [-0.4, -0.2) is 40.4 Å². The Bertz CT molecular complexity index is 616. The fourth-order valence-corrected chi connectivity index (χ4v) is 3.84. The van der Waals surface area contributed by atoms with E-state index >= 15 is 0 Å². The summed E-state index contributed by atoms with van der Waals surface area (Å²) >= 11 is 1.90. The lowest BCUT2D eigenvalue weighted by molar-refractivity contribution is -0.116. The summed E-state index contributed by atoms with van der Waals surface area (Å²) in [5.41, 5.74) is 2.37. The van der Waals surface area contributed by atoms with E-state index in [1.54, 1.807) is 0 Å². The van der Waals surface area contributed by atoms with Crippen LogP contribution in [0.5, 0.6) is 0 Å². The molecule has 0 atom stereocenters. The molecule has 3 amide bonds. The van der Waals surface area contributed by atoms with Crippen LogP contribution in [0.15, 0.2) is 18.2 Å². The van der Waals surface area contributed by atoms with Gasteiger partial charge in [-0.3, -0.25) is 4.79 Å². The zero-order chi connectivity index (χ0) is 17.7. The van der Waals surface area contributed by atoms with Crippen LogP contribution in [-0.2, 0) is 4.79 Å². The molecule has 1 heterocycles. The van der Waals surface area contributed by atoms with Gasteiger partial charge >= 0.3 is 6.03 Å². The number of hydrogen-bond donors (Lipinski definition) is 2. The van der Waals surface area contributed by atoms with Gasteiger partial charge in [-0.2, -0.15) is 11.8 Å². The van der Waals surface area contributed by atoms with Crippen molar-refractivity contribution < 1.29 is 9.59 Å². The Morgan fingerprint density at radius 3 is 2.54 bits per heavy atom. The first-order valence-electron chi connectivity index (χ1n) is 8.42. The van der Waals surface area contributed by atoms with Crippen molar-refractivity contribution in [3.8, 4) is 0 Å². The van der Waals surface area contributed by atoms with E-state index in [2.05, 4.69) is 24.5 Å². The average Bonchev–Trinajstić information content (AvgIpc) is 2.50. The lowest BCUT2D eigenvalue weighted by Crippen LogP contribution is -2.47. The highest BCUT2D eigenvalue weighted by Crippen LogP contribution is 2.30. The van der Waals surface area contributed by atoms with Gasteiger partial charge in [0.2, 0.25) is 5.91 Å². The van der Waals surface area contributed by atoms with Crippen molar-refractivity contribution in [2.24, 2.45) is 0 Å². The maximum Gasteiger partial charge on any atom is 0.321 e. The average molecular weight is 350 g/mol. The first-order chi connectivity index (χ1) is 11.3. The van der Waals surface area contributed by atoms with E-state index in [1.165, 1.54) is 0 Å². The standard InChI is InChI=1S/C18H27N3O2S/c1-5-7-16(22)19-14-8-6-9-15(13(14)2)20-17(23)21-10-11-24-18(3,4)12-21/h6,8-9H,5,7,10-12H2,1-4H3,(H,19,22)(H,20,23). The Labute approximate surface area is 148 Å². The van der Waals surface area contributed by atoms with E-state index in [4.69, 9.17) is 0 Å². The van der Waals surface area contributed by atoms with E-state index in [-0.39, 0.29) is 16.7 Å². The molecule has 1 aliphatic heterocycles. The first kappa shape index (κ1) is 18.6. The number of nitrogens with one attached hydrogen (secondary N) is 2. The zero-order valence-corrected chi connectivity index (χ0v) is 15.8. The van der Waals surface area contributed by atoms with Gasteiger partial charge in [-0.15, -0.1) is 0 Å². The monoisotopic (exact) mass is 349 g/mol. The predicted octanol–water partition coefficient (Wildman–Crippen LogP) is 4.09. The van der Waals surface area contributed by atoms with Crippen molar-refractivity contribution in [2.45, 2.75) is 45.3 Å². The molecule has 132 valence electrons. The van der Waals surface area contributed by atoms with Gasteiger partial charge < -0.3 is 15.5 Å². The number of carbonyl (C=O) groups is 2. The minimum Gasteiger partial charge on any atom is -0.326 e. The van der Waals surface area contributed by atoms with Gasteiger partial charge in [-0.1, -0.05) is 13.0 Å². The number of amides is 3. The third kappa shape index (κ3) is 4.90. The van der Waals surface area contributed by atoms with Crippen molar-refractivity contribution in [3.05, 3.63) is 23.8 Å². The molecule has 0 aromatic heterocycles. The number of thioether (sulfide) groups is 1. The molecule has 1 aliphatic rings. The molecule has 2 rings (SSSR count). The highest BCUT2D eigenvalue weighted by atomic mass is 32.2. The molecular weight excluding hydrogens is 322 g/mol. The summed E-state index contributed by atoms with van der Waals surface area (Å²) in [6, 6.07) is 5.50. The summed E-state index contributed by atoms with van der Waals surface area (Å²) in [5.74, 6) is 0.950. The van der Waals surface area contributed by atoms with Crippen molar-refractivity contribution >= 4 is 35.1 Å². The van der Waals surface area contributed by atoms with Crippen molar-refractivity contribution in [1.29, 1.82) is 0 Å². The van der Waals surface area contributed by atoms with Gasteiger partial charge in [0.25, 0.3) is 0 Å². The molecule has 5 nitrogen and oxygen atoms in total. The lowest BCUT2D eigenvalue weighted by Gasteiger charge is -2.37. The predicted molar refractivity (Wildman–Crippen MR) is 102 cm³/mol. The van der Waals surface area contributed by atoms with Gasteiger partial charge in [-0.05, 0) is 44.9 Å².